The Labute approximate surface area is 118 Å². The Balaban J connectivity index is 2.01. The van der Waals surface area contributed by atoms with Crippen LogP contribution in [0.25, 0.3) is 0 Å². The van der Waals surface area contributed by atoms with Gasteiger partial charge in [0.1, 0.15) is 23.2 Å². The first-order valence-corrected chi connectivity index (χ1v) is 6.46. The Kier molecular flexibility index (Phi) is 4.26. The van der Waals surface area contributed by atoms with Crippen LogP contribution in [-0.2, 0) is 13.5 Å². The SMILES string of the molecule is COc1cccc(CCNc2c(C#N)c(C)nn2C)c1. The van der Waals surface area contributed by atoms with Crippen molar-refractivity contribution in [1.29, 1.82) is 5.26 Å². The molecule has 0 amide bonds. The molecule has 0 aliphatic heterocycles. The van der Waals surface area contributed by atoms with Gasteiger partial charge in [-0.3, -0.25) is 4.68 Å². The van der Waals surface area contributed by atoms with Gasteiger partial charge in [0.05, 0.1) is 12.8 Å². The predicted molar refractivity (Wildman–Crippen MR) is 77.8 cm³/mol. The van der Waals surface area contributed by atoms with Crippen molar-refractivity contribution in [2.24, 2.45) is 7.05 Å². The molecule has 104 valence electrons. The van der Waals surface area contributed by atoms with E-state index in [0.29, 0.717) is 5.56 Å². The van der Waals surface area contributed by atoms with Crippen molar-refractivity contribution in [2.75, 3.05) is 19.0 Å². The molecule has 0 aliphatic carbocycles. The van der Waals surface area contributed by atoms with Crippen LogP contribution in [0.1, 0.15) is 16.8 Å². The number of nitrogens with zero attached hydrogens (tertiary/aromatic N) is 3. The molecule has 0 aliphatic rings. The highest BCUT2D eigenvalue weighted by atomic mass is 16.5. The van der Waals surface area contributed by atoms with Crippen molar-refractivity contribution in [3.63, 3.8) is 0 Å². The maximum atomic E-state index is 9.14. The molecule has 2 aromatic rings. The van der Waals surface area contributed by atoms with Crippen LogP contribution in [0.15, 0.2) is 24.3 Å². The van der Waals surface area contributed by atoms with Gasteiger partial charge in [0.25, 0.3) is 0 Å². The van der Waals surface area contributed by atoms with Gasteiger partial charge in [0.2, 0.25) is 0 Å². The van der Waals surface area contributed by atoms with Crippen molar-refractivity contribution < 1.29 is 4.74 Å². The average molecular weight is 270 g/mol. The molecule has 0 spiro atoms. The molecule has 0 saturated heterocycles. The summed E-state index contributed by atoms with van der Waals surface area (Å²) >= 11 is 0. The summed E-state index contributed by atoms with van der Waals surface area (Å²) in [7, 11) is 3.50. The molecule has 0 radical (unpaired) electrons. The van der Waals surface area contributed by atoms with E-state index in [2.05, 4.69) is 22.6 Å². The van der Waals surface area contributed by atoms with Crippen LogP contribution in [0, 0.1) is 18.3 Å². The first kappa shape index (κ1) is 13.9. The van der Waals surface area contributed by atoms with Gasteiger partial charge in [-0.25, -0.2) is 0 Å². The Morgan fingerprint density at radius 2 is 2.25 bits per heavy atom. The summed E-state index contributed by atoms with van der Waals surface area (Å²) in [5.74, 6) is 1.63. The fourth-order valence-corrected chi connectivity index (χ4v) is 2.15. The fraction of sp³-hybridized carbons (Fsp3) is 0.333. The van der Waals surface area contributed by atoms with Crippen molar-refractivity contribution in [1.82, 2.24) is 9.78 Å². The summed E-state index contributed by atoms with van der Waals surface area (Å²) in [5.41, 5.74) is 2.55. The van der Waals surface area contributed by atoms with E-state index in [1.54, 1.807) is 11.8 Å². The van der Waals surface area contributed by atoms with E-state index >= 15 is 0 Å². The van der Waals surface area contributed by atoms with E-state index in [9.17, 15) is 0 Å². The molecule has 0 atom stereocenters. The van der Waals surface area contributed by atoms with Crippen molar-refractivity contribution in [2.45, 2.75) is 13.3 Å². The molecular weight excluding hydrogens is 252 g/mol. The highest BCUT2D eigenvalue weighted by molar-refractivity contribution is 5.55. The molecular formula is C15H18N4O. The summed E-state index contributed by atoms with van der Waals surface area (Å²) in [5, 5.41) is 16.7. The van der Waals surface area contributed by atoms with E-state index < -0.39 is 0 Å². The minimum absolute atomic E-state index is 0.609. The third kappa shape index (κ3) is 2.91. The second-order valence-corrected chi connectivity index (χ2v) is 4.57. The largest absolute Gasteiger partial charge is 0.497 e. The Morgan fingerprint density at radius 3 is 2.95 bits per heavy atom. The molecule has 1 N–H and O–H groups in total. The predicted octanol–water partition coefficient (Wildman–Crippen LogP) is 2.26. The highest BCUT2D eigenvalue weighted by Gasteiger charge is 2.11. The molecule has 1 aromatic heterocycles. The number of hydrogen-bond acceptors (Lipinski definition) is 4. The monoisotopic (exact) mass is 270 g/mol. The summed E-state index contributed by atoms with van der Waals surface area (Å²) < 4.78 is 6.91. The third-order valence-electron chi connectivity index (χ3n) is 3.17. The van der Waals surface area contributed by atoms with Gasteiger partial charge in [-0.15, -0.1) is 0 Å². The second-order valence-electron chi connectivity index (χ2n) is 4.57. The summed E-state index contributed by atoms with van der Waals surface area (Å²) in [4.78, 5) is 0. The van der Waals surface area contributed by atoms with E-state index in [-0.39, 0.29) is 0 Å². The molecule has 0 unspecified atom stereocenters. The van der Waals surface area contributed by atoms with E-state index in [4.69, 9.17) is 10.00 Å². The zero-order valence-corrected chi connectivity index (χ0v) is 12.0. The number of ether oxygens (including phenoxy) is 1. The molecule has 5 nitrogen and oxygen atoms in total. The lowest BCUT2D eigenvalue weighted by Crippen LogP contribution is -2.09. The standard InChI is InChI=1S/C15H18N4O/c1-11-14(10-16)15(19(2)18-11)17-8-7-12-5-4-6-13(9-12)20-3/h4-6,9,17H,7-8H2,1-3H3. The Hall–Kier alpha value is -2.48. The molecule has 5 heteroatoms. The quantitative estimate of drug-likeness (QED) is 0.905. The lowest BCUT2D eigenvalue weighted by Gasteiger charge is -2.08. The number of hydrogen-bond donors (Lipinski definition) is 1. The molecule has 0 saturated carbocycles. The van der Waals surface area contributed by atoms with Crippen LogP contribution in [0.2, 0.25) is 0 Å². The Morgan fingerprint density at radius 1 is 1.45 bits per heavy atom. The van der Waals surface area contributed by atoms with E-state index in [1.165, 1.54) is 5.56 Å². The summed E-state index contributed by atoms with van der Waals surface area (Å²) in [6.45, 7) is 2.58. The number of benzene rings is 1. The van der Waals surface area contributed by atoms with Crippen molar-refractivity contribution in [3.05, 3.63) is 41.1 Å². The minimum atomic E-state index is 0.609. The lowest BCUT2D eigenvalue weighted by molar-refractivity contribution is 0.414. The topological polar surface area (TPSA) is 62.9 Å². The van der Waals surface area contributed by atoms with Crippen LogP contribution in [-0.4, -0.2) is 23.4 Å². The maximum Gasteiger partial charge on any atom is 0.142 e. The van der Waals surface area contributed by atoms with Crippen molar-refractivity contribution >= 4 is 5.82 Å². The van der Waals surface area contributed by atoms with Crippen molar-refractivity contribution in [3.8, 4) is 11.8 Å². The molecule has 0 fully saturated rings. The molecule has 2 rings (SSSR count). The number of methoxy groups -OCH3 is 1. The third-order valence-corrected chi connectivity index (χ3v) is 3.17. The number of aromatic nitrogens is 2. The van der Waals surface area contributed by atoms with Crippen LogP contribution < -0.4 is 10.1 Å². The number of aryl methyl sites for hydroxylation is 2. The second kappa shape index (κ2) is 6.11. The van der Waals surface area contributed by atoms with Gasteiger partial charge in [0.15, 0.2) is 0 Å². The molecule has 1 aromatic carbocycles. The Bertz CT molecular complexity index is 640. The minimum Gasteiger partial charge on any atom is -0.497 e. The van der Waals surface area contributed by atoms with Gasteiger partial charge in [-0.1, -0.05) is 12.1 Å². The van der Waals surface area contributed by atoms with Gasteiger partial charge < -0.3 is 10.1 Å². The summed E-state index contributed by atoms with van der Waals surface area (Å²) in [6.07, 6.45) is 0.853. The summed E-state index contributed by atoms with van der Waals surface area (Å²) in [6, 6.07) is 10.2. The maximum absolute atomic E-state index is 9.14. The van der Waals surface area contributed by atoms with E-state index in [0.717, 1.165) is 30.2 Å². The number of nitrogens with one attached hydrogen (secondary N) is 1. The molecule has 20 heavy (non-hydrogen) atoms. The molecule has 0 bridgehead atoms. The normalized spacial score (nSPS) is 10.1. The van der Waals surface area contributed by atoms with Crippen LogP contribution in [0.3, 0.4) is 0 Å². The van der Waals surface area contributed by atoms with E-state index in [1.807, 2.05) is 32.2 Å². The first-order valence-electron chi connectivity index (χ1n) is 6.46. The number of nitriles is 1. The number of anilines is 1. The van der Waals surface area contributed by atoms with Gasteiger partial charge in [-0.05, 0) is 31.0 Å². The van der Waals surface area contributed by atoms with Crippen LogP contribution in [0.4, 0.5) is 5.82 Å². The fourth-order valence-electron chi connectivity index (χ4n) is 2.15. The average Bonchev–Trinajstić information content (AvgIpc) is 2.73. The zero-order valence-electron chi connectivity index (χ0n) is 12.0. The van der Waals surface area contributed by atoms with Crippen LogP contribution >= 0.6 is 0 Å². The lowest BCUT2D eigenvalue weighted by atomic mass is 10.1. The zero-order chi connectivity index (χ0) is 14.5. The van der Waals surface area contributed by atoms with Gasteiger partial charge >= 0.3 is 0 Å². The highest BCUT2D eigenvalue weighted by Crippen LogP contribution is 2.18. The van der Waals surface area contributed by atoms with Gasteiger partial charge in [0, 0.05) is 13.6 Å². The number of rotatable bonds is 5. The first-order chi connectivity index (χ1) is 9.65. The molecule has 1 heterocycles. The van der Waals surface area contributed by atoms with Gasteiger partial charge in [-0.2, -0.15) is 10.4 Å². The van der Waals surface area contributed by atoms with Crippen LogP contribution in [0.5, 0.6) is 5.75 Å². The smallest absolute Gasteiger partial charge is 0.142 e.